The lowest BCUT2D eigenvalue weighted by Gasteiger charge is -2.21. The van der Waals surface area contributed by atoms with E-state index in [0.29, 0.717) is 23.7 Å². The number of rotatable bonds is 9. The van der Waals surface area contributed by atoms with E-state index in [9.17, 15) is 9.59 Å². The summed E-state index contributed by atoms with van der Waals surface area (Å²) in [4.78, 5) is 23.7. The van der Waals surface area contributed by atoms with E-state index < -0.39 is 11.6 Å². The van der Waals surface area contributed by atoms with Crippen LogP contribution in [0.15, 0.2) is 47.3 Å². The fraction of sp³-hybridized carbons (Fsp3) is 0.375. The number of ether oxygens (including phenoxy) is 1. The van der Waals surface area contributed by atoms with Gasteiger partial charge in [0.15, 0.2) is 5.60 Å². The highest BCUT2D eigenvalue weighted by Crippen LogP contribution is 2.20. The first kappa shape index (κ1) is 23.6. The van der Waals surface area contributed by atoms with Crippen molar-refractivity contribution in [2.75, 3.05) is 0 Å². The summed E-state index contributed by atoms with van der Waals surface area (Å²) in [5, 5.41) is 14.4. The van der Waals surface area contributed by atoms with Gasteiger partial charge >= 0.3 is 11.7 Å². The molecule has 0 aliphatic carbocycles. The van der Waals surface area contributed by atoms with Gasteiger partial charge in [-0.25, -0.2) is 14.3 Å². The highest BCUT2D eigenvalue weighted by Gasteiger charge is 2.29. The molecule has 0 aliphatic rings. The molecule has 0 fully saturated rings. The number of aryl methyl sites for hydroxylation is 3. The van der Waals surface area contributed by atoms with Gasteiger partial charge in [0.05, 0.1) is 6.54 Å². The van der Waals surface area contributed by atoms with Crippen molar-refractivity contribution in [3.63, 3.8) is 0 Å². The maximum absolute atomic E-state index is 12.6. The maximum Gasteiger partial charge on any atom is 0.347 e. The average Bonchev–Trinajstić information content (AvgIpc) is 2.99. The van der Waals surface area contributed by atoms with Gasteiger partial charge in [-0.2, -0.15) is 5.10 Å². The van der Waals surface area contributed by atoms with Crippen LogP contribution in [0.3, 0.4) is 0 Å². The Balaban J connectivity index is 1.59. The zero-order valence-corrected chi connectivity index (χ0v) is 19.5. The molecule has 2 aromatic carbocycles. The van der Waals surface area contributed by atoms with Crippen LogP contribution >= 0.6 is 11.6 Å². The summed E-state index contributed by atoms with van der Waals surface area (Å²) in [6.07, 6.45) is 2.29. The number of aliphatic carboxylic acids is 1. The third-order valence-corrected chi connectivity index (χ3v) is 5.78. The Morgan fingerprint density at radius 2 is 1.78 bits per heavy atom. The van der Waals surface area contributed by atoms with Crippen LogP contribution in [0, 0.1) is 6.92 Å². The minimum atomic E-state index is -1.28. The number of halogens is 1. The van der Waals surface area contributed by atoms with Crippen LogP contribution in [0.25, 0.3) is 0 Å². The van der Waals surface area contributed by atoms with Gasteiger partial charge in [0.2, 0.25) is 0 Å². The van der Waals surface area contributed by atoms with Gasteiger partial charge in [0, 0.05) is 18.5 Å². The molecular weight excluding hydrogens is 430 g/mol. The van der Waals surface area contributed by atoms with E-state index in [-0.39, 0.29) is 5.69 Å². The first-order chi connectivity index (χ1) is 15.1. The van der Waals surface area contributed by atoms with Crippen molar-refractivity contribution in [3.8, 4) is 5.75 Å². The van der Waals surface area contributed by atoms with Crippen molar-refractivity contribution in [2.45, 2.75) is 52.2 Å². The number of hydrogen-bond acceptors (Lipinski definition) is 4. The largest absolute Gasteiger partial charge is 0.478 e. The number of nitrogens with zero attached hydrogens (tertiary/aromatic N) is 3. The number of carbonyl (C=O) groups is 1. The number of carboxylic acids is 1. The SMILES string of the molecule is Cc1ccc(Cn2nc(CCCc3ccc(OC(C)(C)C(=O)O)cc3)n(C)c2=O)cc1Cl. The molecule has 3 aromatic rings. The van der Waals surface area contributed by atoms with Gasteiger partial charge in [-0.05, 0) is 68.5 Å². The molecule has 0 saturated carbocycles. The molecule has 7 nitrogen and oxygen atoms in total. The molecule has 0 amide bonds. The van der Waals surface area contributed by atoms with Gasteiger partial charge in [0.25, 0.3) is 0 Å². The van der Waals surface area contributed by atoms with E-state index >= 15 is 0 Å². The molecule has 0 bridgehead atoms. The lowest BCUT2D eigenvalue weighted by atomic mass is 10.1. The summed E-state index contributed by atoms with van der Waals surface area (Å²) in [6.45, 7) is 5.34. The van der Waals surface area contributed by atoms with Gasteiger partial charge < -0.3 is 9.84 Å². The molecule has 1 aromatic heterocycles. The predicted molar refractivity (Wildman–Crippen MR) is 124 cm³/mol. The first-order valence-electron chi connectivity index (χ1n) is 10.5. The van der Waals surface area contributed by atoms with E-state index in [0.717, 1.165) is 35.4 Å². The summed E-state index contributed by atoms with van der Waals surface area (Å²) < 4.78 is 8.58. The van der Waals surface area contributed by atoms with Crippen LogP contribution in [0.1, 0.15) is 42.8 Å². The van der Waals surface area contributed by atoms with E-state index in [1.54, 1.807) is 23.7 Å². The van der Waals surface area contributed by atoms with E-state index in [2.05, 4.69) is 5.10 Å². The summed E-state index contributed by atoms with van der Waals surface area (Å²) in [6, 6.07) is 13.1. The second kappa shape index (κ2) is 9.61. The van der Waals surface area contributed by atoms with Crippen molar-refractivity contribution in [3.05, 3.63) is 80.5 Å². The first-order valence-corrected chi connectivity index (χ1v) is 10.8. The summed E-state index contributed by atoms with van der Waals surface area (Å²) >= 11 is 6.19. The molecule has 0 spiro atoms. The highest BCUT2D eigenvalue weighted by atomic mass is 35.5. The topological polar surface area (TPSA) is 86.3 Å². The number of benzene rings is 2. The zero-order chi connectivity index (χ0) is 23.5. The Bertz CT molecular complexity index is 1160. The van der Waals surface area contributed by atoms with Crippen LogP contribution < -0.4 is 10.4 Å². The monoisotopic (exact) mass is 457 g/mol. The van der Waals surface area contributed by atoms with Crippen LogP contribution in [0.5, 0.6) is 5.75 Å². The van der Waals surface area contributed by atoms with Crippen LogP contribution in [-0.4, -0.2) is 31.0 Å². The fourth-order valence-electron chi connectivity index (χ4n) is 3.27. The molecule has 1 heterocycles. The normalized spacial score (nSPS) is 11.5. The van der Waals surface area contributed by atoms with Gasteiger partial charge in [-0.3, -0.25) is 4.57 Å². The lowest BCUT2D eigenvalue weighted by Crippen LogP contribution is -2.37. The number of aromatic nitrogens is 3. The Morgan fingerprint density at radius 3 is 2.41 bits per heavy atom. The summed E-state index contributed by atoms with van der Waals surface area (Å²) in [5.74, 6) is 0.229. The van der Waals surface area contributed by atoms with Crippen LogP contribution in [0.4, 0.5) is 0 Å². The molecule has 0 saturated heterocycles. The van der Waals surface area contributed by atoms with E-state index in [1.807, 2.05) is 37.3 Å². The number of hydrogen-bond donors (Lipinski definition) is 1. The Hall–Kier alpha value is -3.06. The smallest absolute Gasteiger partial charge is 0.347 e. The second-order valence-corrected chi connectivity index (χ2v) is 8.82. The molecule has 170 valence electrons. The zero-order valence-electron chi connectivity index (χ0n) is 18.8. The third kappa shape index (κ3) is 5.59. The third-order valence-electron chi connectivity index (χ3n) is 5.38. The van der Waals surface area contributed by atoms with Crippen LogP contribution in [0.2, 0.25) is 5.02 Å². The molecular formula is C24H28ClN3O4. The lowest BCUT2D eigenvalue weighted by molar-refractivity contribution is -0.152. The molecule has 3 rings (SSSR count). The average molecular weight is 458 g/mol. The molecule has 32 heavy (non-hydrogen) atoms. The van der Waals surface area contributed by atoms with E-state index in [4.69, 9.17) is 21.4 Å². The van der Waals surface area contributed by atoms with Gasteiger partial charge in [0.1, 0.15) is 11.6 Å². The fourth-order valence-corrected chi connectivity index (χ4v) is 3.48. The quantitative estimate of drug-likeness (QED) is 0.524. The van der Waals surface area contributed by atoms with Crippen LogP contribution in [-0.2, 0) is 31.2 Å². The Kier molecular flexibility index (Phi) is 7.09. The predicted octanol–water partition coefficient (Wildman–Crippen LogP) is 4.01. The molecule has 8 heteroatoms. The minimum absolute atomic E-state index is 0.153. The maximum atomic E-state index is 12.6. The Labute approximate surface area is 192 Å². The van der Waals surface area contributed by atoms with Gasteiger partial charge in [-0.15, -0.1) is 0 Å². The van der Waals surface area contributed by atoms with E-state index in [1.165, 1.54) is 18.5 Å². The second-order valence-electron chi connectivity index (χ2n) is 8.41. The summed E-state index contributed by atoms with van der Waals surface area (Å²) in [7, 11) is 1.74. The Morgan fingerprint density at radius 1 is 1.12 bits per heavy atom. The molecule has 0 unspecified atom stereocenters. The highest BCUT2D eigenvalue weighted by molar-refractivity contribution is 6.31. The van der Waals surface area contributed by atoms with Crippen molar-refractivity contribution in [1.29, 1.82) is 0 Å². The molecule has 0 aliphatic heterocycles. The van der Waals surface area contributed by atoms with Crippen molar-refractivity contribution >= 4 is 17.6 Å². The van der Waals surface area contributed by atoms with Gasteiger partial charge in [-0.1, -0.05) is 35.9 Å². The van der Waals surface area contributed by atoms with Crippen molar-refractivity contribution in [1.82, 2.24) is 14.3 Å². The number of carboxylic acid groups (broad SMARTS) is 1. The molecule has 1 N–H and O–H groups in total. The minimum Gasteiger partial charge on any atom is -0.478 e. The standard InChI is InChI=1S/C24H28ClN3O4/c1-16-8-9-18(14-20(16)25)15-28-23(31)27(4)21(26-28)7-5-6-17-10-12-19(13-11-17)32-24(2,3)22(29)30/h8-14H,5-7,15H2,1-4H3,(H,29,30). The van der Waals surface area contributed by atoms with Crippen molar-refractivity contribution in [2.24, 2.45) is 7.05 Å². The molecule has 0 radical (unpaired) electrons. The molecule has 0 atom stereocenters. The van der Waals surface area contributed by atoms with Crippen molar-refractivity contribution < 1.29 is 14.6 Å². The summed E-state index contributed by atoms with van der Waals surface area (Å²) in [5.41, 5.74) is 1.59.